The van der Waals surface area contributed by atoms with Crippen LogP contribution in [0.2, 0.25) is 0 Å². The van der Waals surface area contributed by atoms with Crippen molar-refractivity contribution in [1.29, 1.82) is 0 Å². The van der Waals surface area contributed by atoms with Gasteiger partial charge in [0.05, 0.1) is 12.2 Å². The molecule has 0 radical (unpaired) electrons. The third kappa shape index (κ3) is 3.95. The van der Waals surface area contributed by atoms with Crippen LogP contribution in [-0.4, -0.2) is 23.1 Å². The lowest BCUT2D eigenvalue weighted by atomic mass is 10.2. The van der Waals surface area contributed by atoms with Crippen LogP contribution in [0.25, 0.3) is 0 Å². The maximum absolute atomic E-state index is 5.83. The van der Waals surface area contributed by atoms with Crippen LogP contribution < -0.4 is 10.1 Å². The lowest BCUT2D eigenvalue weighted by Gasteiger charge is -2.14. The first-order valence-corrected chi connectivity index (χ1v) is 7.51. The average molecular weight is 275 g/mol. The number of anilines is 1. The molecule has 0 spiro atoms. The molecule has 0 aliphatic heterocycles. The van der Waals surface area contributed by atoms with E-state index in [1.165, 1.54) is 12.8 Å². The van der Waals surface area contributed by atoms with E-state index in [4.69, 9.17) is 4.74 Å². The van der Waals surface area contributed by atoms with Gasteiger partial charge in [0.2, 0.25) is 5.88 Å². The highest BCUT2D eigenvalue weighted by molar-refractivity contribution is 5.49. The Hall–Kier alpha value is -1.58. The van der Waals surface area contributed by atoms with Crippen LogP contribution in [0, 0.1) is 6.92 Å². The summed E-state index contributed by atoms with van der Waals surface area (Å²) in [5.41, 5.74) is 2.13. The predicted molar refractivity (Wildman–Crippen MR) is 82.5 cm³/mol. The minimum Gasteiger partial charge on any atom is -0.477 e. The van der Waals surface area contributed by atoms with E-state index in [0.29, 0.717) is 12.5 Å². The molecule has 1 aliphatic rings. The standard InChI is InChI=1S/C16H25N3O/c1-5-9-17-14-12(4)16(20-10-8-11(2)3)19-15(18-14)13-6-7-13/h13H,2,5-10H2,1,3-4H3,(H,17,18,19). The van der Waals surface area contributed by atoms with Crippen LogP contribution >= 0.6 is 0 Å². The Bertz CT molecular complexity index is 481. The fourth-order valence-corrected chi connectivity index (χ4v) is 1.91. The van der Waals surface area contributed by atoms with E-state index < -0.39 is 0 Å². The summed E-state index contributed by atoms with van der Waals surface area (Å²) in [7, 11) is 0. The van der Waals surface area contributed by atoms with Gasteiger partial charge in [-0.05, 0) is 33.1 Å². The van der Waals surface area contributed by atoms with Crippen LogP contribution in [-0.2, 0) is 0 Å². The normalized spacial score (nSPS) is 14.2. The zero-order valence-electron chi connectivity index (χ0n) is 12.8. The number of ether oxygens (including phenoxy) is 1. The van der Waals surface area contributed by atoms with Gasteiger partial charge in [-0.15, -0.1) is 6.58 Å². The first-order valence-electron chi connectivity index (χ1n) is 7.51. The molecule has 0 unspecified atom stereocenters. The third-order valence-electron chi connectivity index (χ3n) is 3.37. The first-order chi connectivity index (χ1) is 9.61. The molecule has 1 fully saturated rings. The Labute approximate surface area is 121 Å². The number of hydrogen-bond acceptors (Lipinski definition) is 4. The minimum absolute atomic E-state index is 0.529. The Balaban J connectivity index is 2.14. The molecular formula is C16H25N3O. The quantitative estimate of drug-likeness (QED) is 0.732. The van der Waals surface area contributed by atoms with Crippen molar-refractivity contribution in [3.63, 3.8) is 0 Å². The molecule has 1 aromatic heterocycles. The molecular weight excluding hydrogens is 250 g/mol. The lowest BCUT2D eigenvalue weighted by Crippen LogP contribution is -2.10. The average Bonchev–Trinajstić information content (AvgIpc) is 3.23. The van der Waals surface area contributed by atoms with Crippen LogP contribution in [0.4, 0.5) is 5.82 Å². The number of nitrogens with one attached hydrogen (secondary N) is 1. The van der Waals surface area contributed by atoms with Crippen LogP contribution in [0.1, 0.15) is 56.8 Å². The van der Waals surface area contributed by atoms with Gasteiger partial charge in [0.15, 0.2) is 0 Å². The predicted octanol–water partition coefficient (Wildman–Crippen LogP) is 3.83. The highest BCUT2D eigenvalue weighted by atomic mass is 16.5. The van der Waals surface area contributed by atoms with Gasteiger partial charge in [-0.3, -0.25) is 0 Å². The Morgan fingerprint density at radius 1 is 1.40 bits per heavy atom. The molecule has 20 heavy (non-hydrogen) atoms. The zero-order chi connectivity index (χ0) is 14.5. The van der Waals surface area contributed by atoms with Crippen LogP contribution in [0.15, 0.2) is 12.2 Å². The van der Waals surface area contributed by atoms with E-state index in [9.17, 15) is 0 Å². The minimum atomic E-state index is 0.529. The Kier molecular flexibility index (Phi) is 4.99. The van der Waals surface area contributed by atoms with Crippen molar-refractivity contribution in [3.05, 3.63) is 23.5 Å². The molecule has 2 rings (SSSR count). The molecule has 0 aromatic carbocycles. The van der Waals surface area contributed by atoms with Crippen molar-refractivity contribution < 1.29 is 4.74 Å². The van der Waals surface area contributed by atoms with Crippen LogP contribution in [0.3, 0.4) is 0 Å². The monoisotopic (exact) mass is 275 g/mol. The number of rotatable bonds is 8. The van der Waals surface area contributed by atoms with Crippen molar-refractivity contribution in [2.45, 2.75) is 52.4 Å². The summed E-state index contributed by atoms with van der Waals surface area (Å²) in [4.78, 5) is 9.25. The van der Waals surface area contributed by atoms with Gasteiger partial charge in [-0.1, -0.05) is 12.5 Å². The van der Waals surface area contributed by atoms with Crippen molar-refractivity contribution >= 4 is 5.82 Å². The van der Waals surface area contributed by atoms with Gasteiger partial charge in [0.25, 0.3) is 0 Å². The highest BCUT2D eigenvalue weighted by Gasteiger charge is 2.28. The van der Waals surface area contributed by atoms with Crippen molar-refractivity contribution in [3.8, 4) is 5.88 Å². The fraction of sp³-hybridized carbons (Fsp3) is 0.625. The van der Waals surface area contributed by atoms with E-state index in [0.717, 1.165) is 48.0 Å². The number of hydrogen-bond donors (Lipinski definition) is 1. The van der Waals surface area contributed by atoms with Crippen molar-refractivity contribution in [2.24, 2.45) is 0 Å². The molecule has 0 amide bonds. The Morgan fingerprint density at radius 2 is 2.15 bits per heavy atom. The Morgan fingerprint density at radius 3 is 2.75 bits per heavy atom. The first kappa shape index (κ1) is 14.8. The number of nitrogens with zero attached hydrogens (tertiary/aromatic N) is 2. The second kappa shape index (κ2) is 6.73. The second-order valence-electron chi connectivity index (χ2n) is 5.62. The summed E-state index contributed by atoms with van der Waals surface area (Å²) in [5, 5.41) is 3.38. The van der Waals surface area contributed by atoms with Gasteiger partial charge in [0.1, 0.15) is 11.6 Å². The molecule has 0 atom stereocenters. The van der Waals surface area contributed by atoms with Crippen LogP contribution in [0.5, 0.6) is 5.88 Å². The van der Waals surface area contributed by atoms with E-state index in [1.807, 2.05) is 13.8 Å². The van der Waals surface area contributed by atoms with Gasteiger partial charge in [-0.25, -0.2) is 4.98 Å². The molecule has 110 valence electrons. The van der Waals surface area contributed by atoms with E-state index in [2.05, 4.69) is 28.8 Å². The van der Waals surface area contributed by atoms with E-state index in [-0.39, 0.29) is 0 Å². The molecule has 1 aromatic rings. The van der Waals surface area contributed by atoms with E-state index in [1.54, 1.807) is 0 Å². The van der Waals surface area contributed by atoms with Crippen molar-refractivity contribution in [2.75, 3.05) is 18.5 Å². The SMILES string of the molecule is C=C(C)CCOc1nc(C2CC2)nc(NCCC)c1C. The lowest BCUT2D eigenvalue weighted by molar-refractivity contribution is 0.305. The largest absolute Gasteiger partial charge is 0.477 e. The molecule has 4 heteroatoms. The molecule has 1 N–H and O–H groups in total. The summed E-state index contributed by atoms with van der Waals surface area (Å²) in [6.45, 7) is 11.6. The van der Waals surface area contributed by atoms with Gasteiger partial charge in [-0.2, -0.15) is 4.98 Å². The smallest absolute Gasteiger partial charge is 0.221 e. The summed E-state index contributed by atoms with van der Waals surface area (Å²) in [6, 6.07) is 0. The van der Waals surface area contributed by atoms with Gasteiger partial charge < -0.3 is 10.1 Å². The van der Waals surface area contributed by atoms with Gasteiger partial charge in [0, 0.05) is 18.9 Å². The molecule has 0 bridgehead atoms. The zero-order valence-corrected chi connectivity index (χ0v) is 12.8. The maximum atomic E-state index is 5.83. The summed E-state index contributed by atoms with van der Waals surface area (Å²) in [6.07, 6.45) is 4.33. The van der Waals surface area contributed by atoms with Crippen molar-refractivity contribution in [1.82, 2.24) is 9.97 Å². The molecule has 4 nitrogen and oxygen atoms in total. The highest BCUT2D eigenvalue weighted by Crippen LogP contribution is 2.39. The van der Waals surface area contributed by atoms with E-state index >= 15 is 0 Å². The second-order valence-corrected chi connectivity index (χ2v) is 5.62. The summed E-state index contributed by atoms with van der Waals surface area (Å²) < 4.78 is 5.83. The third-order valence-corrected chi connectivity index (χ3v) is 3.37. The fourth-order valence-electron chi connectivity index (χ4n) is 1.91. The molecule has 1 aliphatic carbocycles. The molecule has 1 heterocycles. The van der Waals surface area contributed by atoms with Gasteiger partial charge >= 0.3 is 0 Å². The molecule has 0 saturated heterocycles. The molecule has 1 saturated carbocycles. The maximum Gasteiger partial charge on any atom is 0.221 e. The number of aromatic nitrogens is 2. The topological polar surface area (TPSA) is 47.0 Å². The summed E-state index contributed by atoms with van der Waals surface area (Å²) in [5.74, 6) is 3.11. The summed E-state index contributed by atoms with van der Waals surface area (Å²) >= 11 is 0.